The number of esters is 1. The van der Waals surface area contributed by atoms with Crippen molar-refractivity contribution in [1.29, 1.82) is 5.26 Å². The maximum Gasteiger partial charge on any atom is 0.348 e. The average Bonchev–Trinajstić information content (AvgIpc) is 2.94. The number of carbonyl (C=O) groups is 2. The number of nitriles is 1. The van der Waals surface area contributed by atoms with E-state index < -0.39 is 23.4 Å². The third-order valence-corrected chi connectivity index (χ3v) is 4.74. The van der Waals surface area contributed by atoms with Crippen LogP contribution in [0.25, 0.3) is 0 Å². The first-order valence-electron chi connectivity index (χ1n) is 7.58. The van der Waals surface area contributed by atoms with Crippen molar-refractivity contribution in [3.8, 4) is 11.8 Å². The number of rotatable bonds is 6. The van der Waals surface area contributed by atoms with Gasteiger partial charge in [-0.15, -0.1) is 11.3 Å². The Morgan fingerprint density at radius 1 is 1.37 bits per heavy atom. The van der Waals surface area contributed by atoms with E-state index in [1.165, 1.54) is 19.2 Å². The highest BCUT2D eigenvalue weighted by Crippen LogP contribution is 2.33. The van der Waals surface area contributed by atoms with Crippen LogP contribution in [-0.4, -0.2) is 30.5 Å². The lowest BCUT2D eigenvalue weighted by molar-refractivity contribution is -0.385. The van der Waals surface area contributed by atoms with Gasteiger partial charge in [-0.3, -0.25) is 14.9 Å². The summed E-state index contributed by atoms with van der Waals surface area (Å²) in [5.41, 5.74) is 0.983. The molecule has 0 aliphatic carbocycles. The van der Waals surface area contributed by atoms with Gasteiger partial charge < -0.3 is 14.8 Å². The van der Waals surface area contributed by atoms with Gasteiger partial charge in [0.05, 0.1) is 17.6 Å². The van der Waals surface area contributed by atoms with Crippen molar-refractivity contribution < 1.29 is 24.0 Å². The van der Waals surface area contributed by atoms with Crippen LogP contribution in [0.2, 0.25) is 0 Å². The molecule has 27 heavy (non-hydrogen) atoms. The summed E-state index contributed by atoms with van der Waals surface area (Å²) in [4.78, 5) is 34.5. The molecule has 0 bridgehead atoms. The number of thiophene rings is 1. The summed E-state index contributed by atoms with van der Waals surface area (Å²) in [6.45, 7) is 2.77. The highest BCUT2D eigenvalue weighted by atomic mass is 32.1. The molecule has 140 valence electrons. The maximum absolute atomic E-state index is 12.1. The first-order valence-corrected chi connectivity index (χ1v) is 8.39. The fourth-order valence-electron chi connectivity index (χ4n) is 2.22. The van der Waals surface area contributed by atoms with Gasteiger partial charge in [-0.25, -0.2) is 4.79 Å². The number of carbonyl (C=O) groups excluding carboxylic acids is 2. The molecular weight excluding hydrogens is 374 g/mol. The van der Waals surface area contributed by atoms with Gasteiger partial charge in [0.15, 0.2) is 12.4 Å². The molecule has 0 spiro atoms. The molecule has 1 N–H and O–H groups in total. The van der Waals surface area contributed by atoms with Crippen LogP contribution in [0, 0.1) is 35.3 Å². The van der Waals surface area contributed by atoms with Gasteiger partial charge >= 0.3 is 11.7 Å². The second-order valence-electron chi connectivity index (χ2n) is 5.43. The summed E-state index contributed by atoms with van der Waals surface area (Å²) in [5, 5.41) is 23.0. The molecule has 0 aliphatic heterocycles. The van der Waals surface area contributed by atoms with Gasteiger partial charge in [0.25, 0.3) is 5.91 Å². The number of nitro groups is 1. The van der Waals surface area contributed by atoms with E-state index in [0.29, 0.717) is 11.1 Å². The zero-order valence-corrected chi connectivity index (χ0v) is 15.5. The number of ether oxygens (including phenoxy) is 2. The molecule has 0 saturated carbocycles. The Bertz CT molecular complexity index is 960. The SMILES string of the molecule is COC(=O)c1sc(NC(=O)COc2ccc(C)cc2[N+](=O)[O-])c(C#N)c1C. The van der Waals surface area contributed by atoms with Gasteiger partial charge in [-0.2, -0.15) is 5.26 Å². The molecular formula is C17H15N3O6S. The summed E-state index contributed by atoms with van der Waals surface area (Å²) < 4.78 is 9.89. The van der Waals surface area contributed by atoms with Gasteiger partial charge in [-0.05, 0) is 31.0 Å². The van der Waals surface area contributed by atoms with Gasteiger partial charge in [0.1, 0.15) is 15.9 Å². The summed E-state index contributed by atoms with van der Waals surface area (Å²) in [6.07, 6.45) is 0. The van der Waals surface area contributed by atoms with E-state index in [2.05, 4.69) is 10.1 Å². The predicted octanol–water partition coefficient (Wildman–Crippen LogP) is 2.95. The van der Waals surface area contributed by atoms with E-state index >= 15 is 0 Å². The Labute approximate surface area is 158 Å². The molecule has 2 aromatic rings. The number of nitrogens with zero attached hydrogens (tertiary/aromatic N) is 2. The van der Waals surface area contributed by atoms with E-state index in [4.69, 9.17) is 4.74 Å². The number of anilines is 1. The quantitative estimate of drug-likeness (QED) is 0.456. The Balaban J connectivity index is 2.15. The van der Waals surface area contributed by atoms with Crippen molar-refractivity contribution in [2.45, 2.75) is 13.8 Å². The van der Waals surface area contributed by atoms with E-state index in [-0.39, 0.29) is 26.9 Å². The molecule has 9 nitrogen and oxygen atoms in total. The topological polar surface area (TPSA) is 132 Å². The fourth-order valence-corrected chi connectivity index (χ4v) is 3.31. The van der Waals surface area contributed by atoms with Crippen molar-refractivity contribution in [2.24, 2.45) is 0 Å². The molecule has 2 rings (SSSR count). The highest BCUT2D eigenvalue weighted by molar-refractivity contribution is 7.18. The minimum absolute atomic E-state index is 0.0427. The number of methoxy groups -OCH3 is 1. The molecule has 1 aromatic heterocycles. The number of hydrogen-bond acceptors (Lipinski definition) is 8. The third-order valence-electron chi connectivity index (χ3n) is 3.55. The molecule has 0 fully saturated rings. The summed E-state index contributed by atoms with van der Waals surface area (Å²) in [5.74, 6) is -1.28. The van der Waals surface area contributed by atoms with Gasteiger partial charge in [0, 0.05) is 6.07 Å². The number of nitro benzene ring substituents is 1. The summed E-state index contributed by atoms with van der Waals surface area (Å²) >= 11 is 0.911. The molecule has 1 aromatic carbocycles. The van der Waals surface area contributed by atoms with Crippen LogP contribution in [0.5, 0.6) is 5.75 Å². The van der Waals surface area contributed by atoms with Crippen molar-refractivity contribution >= 4 is 33.9 Å². The Morgan fingerprint density at radius 3 is 2.67 bits per heavy atom. The Kier molecular flexibility index (Phi) is 6.10. The zero-order valence-electron chi connectivity index (χ0n) is 14.7. The van der Waals surface area contributed by atoms with E-state index in [9.17, 15) is 25.0 Å². The van der Waals surface area contributed by atoms with Crippen LogP contribution in [0.1, 0.15) is 26.4 Å². The molecule has 1 heterocycles. The third kappa shape index (κ3) is 4.39. The van der Waals surface area contributed by atoms with Crippen LogP contribution in [0.15, 0.2) is 18.2 Å². The van der Waals surface area contributed by atoms with Crippen molar-refractivity contribution in [1.82, 2.24) is 0 Å². The zero-order chi connectivity index (χ0) is 20.1. The number of amides is 1. The second-order valence-corrected chi connectivity index (χ2v) is 6.45. The van der Waals surface area contributed by atoms with Crippen molar-refractivity contribution in [3.05, 3.63) is 49.9 Å². The van der Waals surface area contributed by atoms with Crippen LogP contribution in [-0.2, 0) is 9.53 Å². The molecule has 0 saturated heterocycles. The number of aryl methyl sites for hydroxylation is 1. The van der Waals surface area contributed by atoms with Crippen molar-refractivity contribution in [2.75, 3.05) is 19.0 Å². The molecule has 10 heteroatoms. The smallest absolute Gasteiger partial charge is 0.348 e. The second kappa shape index (κ2) is 8.29. The lowest BCUT2D eigenvalue weighted by atomic mass is 10.2. The van der Waals surface area contributed by atoms with Crippen LogP contribution in [0.3, 0.4) is 0 Å². The summed E-state index contributed by atoms with van der Waals surface area (Å²) in [7, 11) is 1.22. The first-order chi connectivity index (χ1) is 12.8. The Hall–Kier alpha value is -3.45. The predicted molar refractivity (Wildman–Crippen MR) is 97.1 cm³/mol. The largest absolute Gasteiger partial charge is 0.477 e. The minimum atomic E-state index is -0.626. The van der Waals surface area contributed by atoms with Gasteiger partial charge in [0.2, 0.25) is 0 Å². The van der Waals surface area contributed by atoms with E-state index in [1.54, 1.807) is 19.9 Å². The Morgan fingerprint density at radius 2 is 2.07 bits per heavy atom. The van der Waals surface area contributed by atoms with Crippen LogP contribution < -0.4 is 10.1 Å². The number of nitrogens with one attached hydrogen (secondary N) is 1. The summed E-state index contributed by atoms with van der Waals surface area (Å²) in [6, 6.07) is 6.30. The molecule has 0 atom stereocenters. The number of hydrogen-bond donors (Lipinski definition) is 1. The monoisotopic (exact) mass is 389 g/mol. The normalized spacial score (nSPS) is 10.0. The number of benzene rings is 1. The van der Waals surface area contributed by atoms with Crippen LogP contribution >= 0.6 is 11.3 Å². The standard InChI is InChI=1S/C17H15N3O6S/c1-9-4-5-13(12(6-9)20(23)24)26-8-14(21)19-16-11(7-18)10(2)15(27-16)17(22)25-3/h4-6H,8H2,1-3H3,(H,19,21). The van der Waals surface area contributed by atoms with E-state index in [0.717, 1.165) is 11.3 Å². The molecule has 0 radical (unpaired) electrons. The molecule has 0 unspecified atom stereocenters. The highest BCUT2D eigenvalue weighted by Gasteiger charge is 2.22. The molecule has 0 aliphatic rings. The van der Waals surface area contributed by atoms with Crippen LogP contribution in [0.4, 0.5) is 10.7 Å². The van der Waals surface area contributed by atoms with E-state index in [1.807, 2.05) is 6.07 Å². The molecule has 1 amide bonds. The fraction of sp³-hybridized carbons (Fsp3) is 0.235. The minimum Gasteiger partial charge on any atom is -0.477 e. The average molecular weight is 389 g/mol. The first kappa shape index (κ1) is 19.9. The van der Waals surface area contributed by atoms with Crippen molar-refractivity contribution in [3.63, 3.8) is 0 Å². The van der Waals surface area contributed by atoms with Gasteiger partial charge in [-0.1, -0.05) is 6.07 Å². The lowest BCUT2D eigenvalue weighted by Crippen LogP contribution is -2.20. The maximum atomic E-state index is 12.1. The lowest BCUT2D eigenvalue weighted by Gasteiger charge is -2.07.